The Hall–Kier alpha value is -1.28. The summed E-state index contributed by atoms with van der Waals surface area (Å²) >= 11 is 0. The van der Waals surface area contributed by atoms with E-state index in [1.165, 1.54) is 27.5 Å². The van der Waals surface area contributed by atoms with Gasteiger partial charge >= 0.3 is 0 Å². The number of rotatable bonds is 4. The molecule has 0 aromatic heterocycles. The molecular formula is C23H37NSi. The molecule has 0 saturated carbocycles. The standard InChI is InChI=1S/C23H37NSi/c1-13(2)19-11-12-20(21(14(3)4)22(19)24)25(9,10)23-17(7)15(5)16(6)18(23)8/h11-14,17H,24H2,1-10H3. The van der Waals surface area contributed by atoms with Gasteiger partial charge in [-0.05, 0) is 60.4 Å². The lowest BCUT2D eigenvalue weighted by molar-refractivity contribution is 0.839. The van der Waals surface area contributed by atoms with Crippen molar-refractivity contribution in [3.8, 4) is 0 Å². The third-order valence-corrected chi connectivity index (χ3v) is 10.4. The van der Waals surface area contributed by atoms with Crippen molar-refractivity contribution in [2.24, 2.45) is 5.92 Å². The van der Waals surface area contributed by atoms with Crippen LogP contribution in [0.5, 0.6) is 0 Å². The second-order valence-corrected chi connectivity index (χ2v) is 13.4. The molecule has 0 bridgehead atoms. The number of nitrogen functional groups attached to an aromatic ring is 1. The number of anilines is 1. The zero-order chi connectivity index (χ0) is 19.3. The molecule has 1 atom stereocenters. The SMILES string of the molecule is CC1=C(C)C(C)C([Si](C)(C)c2ccc(C(C)C)c(N)c2C(C)C)=C1C. The molecule has 1 aliphatic carbocycles. The Balaban J connectivity index is 2.72. The summed E-state index contributed by atoms with van der Waals surface area (Å²) in [5.41, 5.74) is 15.0. The van der Waals surface area contributed by atoms with Gasteiger partial charge in [0, 0.05) is 5.69 Å². The maximum Gasteiger partial charge on any atom is 0.109 e. The molecule has 0 radical (unpaired) electrons. The molecule has 0 heterocycles. The molecule has 1 aliphatic rings. The third kappa shape index (κ3) is 3.14. The van der Waals surface area contributed by atoms with Crippen molar-refractivity contribution in [1.82, 2.24) is 0 Å². The first-order valence-corrected chi connectivity index (χ1v) is 12.7. The molecule has 1 unspecified atom stereocenters. The van der Waals surface area contributed by atoms with Crippen molar-refractivity contribution < 1.29 is 0 Å². The summed E-state index contributed by atoms with van der Waals surface area (Å²) in [6.45, 7) is 23.4. The fraction of sp³-hybridized carbons (Fsp3) is 0.565. The van der Waals surface area contributed by atoms with E-state index in [2.05, 4.69) is 80.6 Å². The minimum absolute atomic E-state index is 0.452. The number of nitrogens with two attached hydrogens (primary N) is 1. The maximum atomic E-state index is 6.70. The predicted molar refractivity (Wildman–Crippen MR) is 116 cm³/mol. The summed E-state index contributed by atoms with van der Waals surface area (Å²) < 4.78 is 0. The van der Waals surface area contributed by atoms with E-state index in [1.54, 1.807) is 10.8 Å². The average Bonchev–Trinajstić information content (AvgIpc) is 2.70. The van der Waals surface area contributed by atoms with Crippen molar-refractivity contribution in [3.05, 3.63) is 45.2 Å². The highest BCUT2D eigenvalue weighted by Crippen LogP contribution is 2.42. The van der Waals surface area contributed by atoms with Gasteiger partial charge in [-0.15, -0.1) is 0 Å². The smallest absolute Gasteiger partial charge is 0.109 e. The van der Waals surface area contributed by atoms with Crippen LogP contribution in [0.4, 0.5) is 5.69 Å². The van der Waals surface area contributed by atoms with Crippen molar-refractivity contribution in [2.75, 3.05) is 5.73 Å². The molecule has 0 fully saturated rings. The van der Waals surface area contributed by atoms with E-state index < -0.39 is 8.07 Å². The number of hydrogen-bond acceptors (Lipinski definition) is 1. The first-order valence-electron chi connectivity index (χ1n) is 9.74. The number of allylic oxidation sites excluding steroid dienone is 4. The Bertz CT molecular complexity index is 748. The minimum Gasteiger partial charge on any atom is -0.398 e. The van der Waals surface area contributed by atoms with Gasteiger partial charge in [-0.2, -0.15) is 0 Å². The fourth-order valence-electron chi connectivity index (χ4n) is 4.84. The van der Waals surface area contributed by atoms with Gasteiger partial charge in [0.2, 0.25) is 0 Å². The molecule has 2 heteroatoms. The molecule has 1 aromatic carbocycles. The predicted octanol–water partition coefficient (Wildman–Crippen LogP) is 6.27. The third-order valence-electron chi connectivity index (χ3n) is 6.51. The minimum atomic E-state index is -1.79. The number of benzene rings is 1. The second kappa shape index (κ2) is 6.79. The van der Waals surface area contributed by atoms with Crippen LogP contribution in [0.15, 0.2) is 34.0 Å². The molecule has 1 nitrogen and oxygen atoms in total. The lowest BCUT2D eigenvalue weighted by atomic mass is 9.93. The van der Waals surface area contributed by atoms with E-state index in [0.29, 0.717) is 17.8 Å². The largest absolute Gasteiger partial charge is 0.398 e. The molecule has 25 heavy (non-hydrogen) atoms. The maximum absolute atomic E-state index is 6.70. The molecule has 0 aliphatic heterocycles. The molecule has 2 rings (SSSR count). The Morgan fingerprint density at radius 2 is 1.48 bits per heavy atom. The lowest BCUT2D eigenvalue weighted by Crippen LogP contribution is -2.48. The quantitative estimate of drug-likeness (QED) is 0.499. The highest BCUT2D eigenvalue weighted by atomic mass is 28.3. The van der Waals surface area contributed by atoms with E-state index in [9.17, 15) is 0 Å². The van der Waals surface area contributed by atoms with Crippen LogP contribution in [0.2, 0.25) is 13.1 Å². The molecule has 138 valence electrons. The van der Waals surface area contributed by atoms with Crippen molar-refractivity contribution >= 4 is 18.9 Å². The Morgan fingerprint density at radius 3 is 1.88 bits per heavy atom. The highest BCUT2D eigenvalue weighted by molar-refractivity contribution is 6.96. The van der Waals surface area contributed by atoms with Gasteiger partial charge in [0.05, 0.1) is 0 Å². The van der Waals surface area contributed by atoms with Crippen LogP contribution in [0.3, 0.4) is 0 Å². The Morgan fingerprint density at radius 1 is 0.920 bits per heavy atom. The van der Waals surface area contributed by atoms with Crippen LogP contribution >= 0.6 is 0 Å². The van der Waals surface area contributed by atoms with Crippen LogP contribution < -0.4 is 10.9 Å². The van der Waals surface area contributed by atoms with E-state index in [0.717, 1.165) is 5.69 Å². The van der Waals surface area contributed by atoms with Crippen LogP contribution in [0.25, 0.3) is 0 Å². The van der Waals surface area contributed by atoms with Crippen LogP contribution in [0, 0.1) is 5.92 Å². The summed E-state index contributed by atoms with van der Waals surface area (Å²) in [6.07, 6.45) is 0. The summed E-state index contributed by atoms with van der Waals surface area (Å²) in [5.74, 6) is 1.48. The Labute approximate surface area is 156 Å². The van der Waals surface area contributed by atoms with E-state index in [1.807, 2.05) is 0 Å². The first-order chi connectivity index (χ1) is 11.4. The summed E-state index contributed by atoms with van der Waals surface area (Å²) in [5, 5.41) is 3.23. The van der Waals surface area contributed by atoms with Gasteiger partial charge in [-0.25, -0.2) is 0 Å². The van der Waals surface area contributed by atoms with E-state index >= 15 is 0 Å². The molecule has 1 aromatic rings. The van der Waals surface area contributed by atoms with Gasteiger partial charge in [-0.3, -0.25) is 0 Å². The van der Waals surface area contributed by atoms with Gasteiger partial charge in [0.1, 0.15) is 8.07 Å². The number of hydrogen-bond donors (Lipinski definition) is 1. The molecule has 2 N–H and O–H groups in total. The highest BCUT2D eigenvalue weighted by Gasteiger charge is 2.39. The van der Waals surface area contributed by atoms with Gasteiger partial charge in [-0.1, -0.05) is 76.2 Å². The second-order valence-electron chi connectivity index (χ2n) is 9.03. The molecule has 0 saturated heterocycles. The summed E-state index contributed by atoms with van der Waals surface area (Å²) in [6, 6.07) is 4.70. The normalized spacial score (nSPS) is 19.0. The molecular weight excluding hydrogens is 318 g/mol. The van der Waals surface area contributed by atoms with Gasteiger partial charge < -0.3 is 5.73 Å². The monoisotopic (exact) mass is 355 g/mol. The zero-order valence-electron chi connectivity index (χ0n) is 18.0. The van der Waals surface area contributed by atoms with Crippen molar-refractivity contribution in [1.29, 1.82) is 0 Å². The molecule has 0 spiro atoms. The summed E-state index contributed by atoms with van der Waals surface area (Å²) in [4.78, 5) is 0. The topological polar surface area (TPSA) is 26.0 Å². The fourth-order valence-corrected chi connectivity index (χ4v) is 9.15. The Kier molecular flexibility index (Phi) is 5.44. The van der Waals surface area contributed by atoms with Crippen LogP contribution in [-0.4, -0.2) is 8.07 Å². The van der Waals surface area contributed by atoms with Crippen molar-refractivity contribution in [3.63, 3.8) is 0 Å². The lowest BCUT2D eigenvalue weighted by Gasteiger charge is -2.34. The van der Waals surface area contributed by atoms with E-state index in [-0.39, 0.29) is 0 Å². The average molecular weight is 356 g/mol. The van der Waals surface area contributed by atoms with Gasteiger partial charge in [0.25, 0.3) is 0 Å². The summed E-state index contributed by atoms with van der Waals surface area (Å²) in [7, 11) is -1.79. The zero-order valence-corrected chi connectivity index (χ0v) is 19.0. The first kappa shape index (κ1) is 20.0. The molecule has 0 amide bonds. The van der Waals surface area contributed by atoms with Gasteiger partial charge in [0.15, 0.2) is 0 Å². The van der Waals surface area contributed by atoms with Crippen molar-refractivity contribution in [2.45, 2.75) is 80.3 Å². The van der Waals surface area contributed by atoms with Crippen LogP contribution in [0.1, 0.15) is 78.4 Å². The van der Waals surface area contributed by atoms with Crippen LogP contribution in [-0.2, 0) is 0 Å². The van der Waals surface area contributed by atoms with E-state index in [4.69, 9.17) is 5.73 Å².